The van der Waals surface area contributed by atoms with E-state index >= 15 is 0 Å². The maximum absolute atomic E-state index is 10.6. The summed E-state index contributed by atoms with van der Waals surface area (Å²) in [5, 5.41) is 8.52. The van der Waals surface area contributed by atoms with Gasteiger partial charge in [0.05, 0.1) is 13.7 Å². The minimum atomic E-state index is -1.69. The number of hydrazine groups is 1. The number of ether oxygens (including phenoxy) is 1. The molecule has 6 heteroatoms. The summed E-state index contributed by atoms with van der Waals surface area (Å²) in [4.78, 5) is 10.6. The average Bonchev–Trinajstić information content (AvgIpc) is 2.01. The van der Waals surface area contributed by atoms with Crippen molar-refractivity contribution in [1.82, 2.24) is 5.43 Å². The van der Waals surface area contributed by atoms with Crippen LogP contribution in [0.2, 0.25) is 0 Å². The number of carbonyl (C=O) groups excluding carboxylic acids is 1. The summed E-state index contributed by atoms with van der Waals surface area (Å²) in [6, 6.07) is 0. The van der Waals surface area contributed by atoms with Gasteiger partial charge in [-0.25, -0.2) is 10.2 Å². The fourth-order valence-corrected chi connectivity index (χ4v) is 0.351. The van der Waals surface area contributed by atoms with Gasteiger partial charge in [-0.15, -0.1) is 0 Å². The number of aliphatic hydroxyl groups is 1. The minimum absolute atomic E-state index is 0.615. The van der Waals surface area contributed by atoms with Gasteiger partial charge in [-0.05, 0) is 0 Å². The first-order valence-corrected chi connectivity index (χ1v) is 2.56. The summed E-state index contributed by atoms with van der Waals surface area (Å²) >= 11 is 0. The van der Waals surface area contributed by atoms with E-state index in [0.29, 0.717) is 0 Å². The molecule has 0 aromatic carbocycles. The molecule has 0 saturated heterocycles. The topological polar surface area (TPSA) is 111 Å². The first kappa shape index (κ1) is 9.31. The average molecular weight is 149 g/mol. The molecule has 1 unspecified atom stereocenters. The zero-order valence-electron chi connectivity index (χ0n) is 5.63. The third-order valence-corrected chi connectivity index (χ3v) is 1.06. The second kappa shape index (κ2) is 3.47. The molecule has 0 aromatic rings. The molecule has 0 bridgehead atoms. The van der Waals surface area contributed by atoms with Crippen LogP contribution in [-0.2, 0) is 9.53 Å². The van der Waals surface area contributed by atoms with Crippen LogP contribution in [0.4, 0.5) is 0 Å². The molecule has 0 heterocycles. The molecule has 6 N–H and O–H groups in total. The predicted molar refractivity (Wildman–Crippen MR) is 33.3 cm³/mol. The van der Waals surface area contributed by atoms with E-state index in [1.807, 2.05) is 5.43 Å². The second-order valence-electron chi connectivity index (χ2n) is 1.77. The first-order valence-electron chi connectivity index (χ1n) is 2.56. The maximum atomic E-state index is 10.6. The van der Waals surface area contributed by atoms with E-state index < -0.39 is 18.2 Å². The Hall–Kier alpha value is -0.690. The molecule has 0 amide bonds. The smallest absolute Gasteiger partial charge is 0.344 e. The van der Waals surface area contributed by atoms with Crippen LogP contribution in [0.1, 0.15) is 0 Å². The molecule has 0 aromatic heterocycles. The molecule has 10 heavy (non-hydrogen) atoms. The Balaban J connectivity index is 4.17. The predicted octanol–water partition coefficient (Wildman–Crippen LogP) is -2.73. The SMILES string of the molecule is COC(=O)C(N)(CO)NN. The van der Waals surface area contributed by atoms with Crippen molar-refractivity contribution in [2.24, 2.45) is 11.6 Å². The Morgan fingerprint density at radius 2 is 2.40 bits per heavy atom. The van der Waals surface area contributed by atoms with E-state index in [0.717, 1.165) is 7.11 Å². The molecule has 0 aliphatic heterocycles. The number of hydrogen-bond acceptors (Lipinski definition) is 6. The summed E-state index contributed by atoms with van der Waals surface area (Å²) in [7, 11) is 1.15. The van der Waals surface area contributed by atoms with Crippen molar-refractivity contribution in [2.75, 3.05) is 13.7 Å². The van der Waals surface area contributed by atoms with Gasteiger partial charge in [-0.2, -0.15) is 0 Å². The number of aliphatic hydroxyl groups excluding tert-OH is 1. The molecule has 0 fully saturated rings. The lowest BCUT2D eigenvalue weighted by Gasteiger charge is -2.21. The van der Waals surface area contributed by atoms with Crippen molar-refractivity contribution < 1.29 is 14.6 Å². The van der Waals surface area contributed by atoms with E-state index in [1.165, 1.54) is 0 Å². The summed E-state index contributed by atoms with van der Waals surface area (Å²) in [6.45, 7) is -0.615. The Kier molecular flexibility index (Phi) is 3.23. The van der Waals surface area contributed by atoms with Gasteiger partial charge in [0, 0.05) is 0 Å². The quantitative estimate of drug-likeness (QED) is 0.150. The molecule has 0 spiro atoms. The first-order chi connectivity index (χ1) is 4.60. The van der Waals surface area contributed by atoms with Crippen molar-refractivity contribution in [3.05, 3.63) is 0 Å². The van der Waals surface area contributed by atoms with Crippen LogP contribution in [0.15, 0.2) is 0 Å². The van der Waals surface area contributed by atoms with E-state index in [2.05, 4.69) is 4.74 Å². The van der Waals surface area contributed by atoms with Gasteiger partial charge in [0.1, 0.15) is 0 Å². The fraction of sp³-hybridized carbons (Fsp3) is 0.750. The third kappa shape index (κ3) is 1.64. The van der Waals surface area contributed by atoms with Gasteiger partial charge in [-0.1, -0.05) is 0 Å². The van der Waals surface area contributed by atoms with Crippen molar-refractivity contribution in [1.29, 1.82) is 0 Å². The van der Waals surface area contributed by atoms with Gasteiger partial charge in [-0.3, -0.25) is 5.84 Å². The van der Waals surface area contributed by atoms with Gasteiger partial charge >= 0.3 is 5.97 Å². The summed E-state index contributed by atoms with van der Waals surface area (Å²) in [5.41, 5.74) is 5.44. The highest BCUT2D eigenvalue weighted by molar-refractivity contribution is 5.79. The Morgan fingerprint density at radius 3 is 2.50 bits per heavy atom. The molecule has 0 aliphatic rings. The second-order valence-corrected chi connectivity index (χ2v) is 1.77. The van der Waals surface area contributed by atoms with Crippen molar-refractivity contribution in [2.45, 2.75) is 5.66 Å². The molecule has 1 atom stereocenters. The number of nitrogens with two attached hydrogens (primary N) is 2. The molecule has 6 nitrogen and oxygen atoms in total. The molecule has 0 aliphatic carbocycles. The van der Waals surface area contributed by atoms with Crippen LogP contribution in [0.3, 0.4) is 0 Å². The fourth-order valence-electron chi connectivity index (χ4n) is 0.351. The monoisotopic (exact) mass is 149 g/mol. The summed E-state index contributed by atoms with van der Waals surface area (Å²) in [6.07, 6.45) is 0. The molecule has 0 rings (SSSR count). The van der Waals surface area contributed by atoms with Crippen LogP contribution in [-0.4, -0.2) is 30.5 Å². The Bertz CT molecular complexity index is 123. The van der Waals surface area contributed by atoms with Gasteiger partial charge in [0.15, 0.2) is 0 Å². The molecule has 0 saturated carbocycles. The number of rotatable bonds is 3. The minimum Gasteiger partial charge on any atom is -0.467 e. The Labute approximate surface area is 58.1 Å². The maximum Gasteiger partial charge on any atom is 0.344 e. The summed E-state index contributed by atoms with van der Waals surface area (Å²) < 4.78 is 4.23. The third-order valence-electron chi connectivity index (χ3n) is 1.06. The van der Waals surface area contributed by atoms with Crippen molar-refractivity contribution in [3.8, 4) is 0 Å². The standard InChI is InChI=1S/C4H11N3O3/c1-10-3(9)4(5,2-8)7-6/h7-8H,2,5-6H2,1H3. The van der Waals surface area contributed by atoms with Gasteiger partial charge < -0.3 is 15.6 Å². The van der Waals surface area contributed by atoms with Crippen LogP contribution in [0.25, 0.3) is 0 Å². The highest BCUT2D eigenvalue weighted by atomic mass is 16.5. The largest absolute Gasteiger partial charge is 0.467 e. The van der Waals surface area contributed by atoms with Crippen LogP contribution in [0, 0.1) is 0 Å². The van der Waals surface area contributed by atoms with Gasteiger partial charge in [0.25, 0.3) is 0 Å². The van der Waals surface area contributed by atoms with Crippen LogP contribution >= 0.6 is 0 Å². The highest BCUT2D eigenvalue weighted by Crippen LogP contribution is 1.93. The van der Waals surface area contributed by atoms with Crippen LogP contribution in [0.5, 0.6) is 0 Å². The van der Waals surface area contributed by atoms with E-state index in [4.69, 9.17) is 16.7 Å². The lowest BCUT2D eigenvalue weighted by atomic mass is 10.2. The summed E-state index contributed by atoms with van der Waals surface area (Å²) in [5.74, 6) is 4.05. The normalized spacial score (nSPS) is 16.0. The molecular weight excluding hydrogens is 138 g/mol. The number of nitrogens with one attached hydrogen (secondary N) is 1. The van der Waals surface area contributed by atoms with Crippen molar-refractivity contribution in [3.63, 3.8) is 0 Å². The van der Waals surface area contributed by atoms with E-state index in [-0.39, 0.29) is 0 Å². The van der Waals surface area contributed by atoms with E-state index in [1.54, 1.807) is 0 Å². The molecule has 60 valence electrons. The van der Waals surface area contributed by atoms with Crippen molar-refractivity contribution >= 4 is 5.97 Å². The number of carbonyl (C=O) groups is 1. The molecule has 0 radical (unpaired) electrons. The lowest BCUT2D eigenvalue weighted by molar-refractivity contribution is -0.150. The highest BCUT2D eigenvalue weighted by Gasteiger charge is 2.32. The molecular formula is C4H11N3O3. The van der Waals surface area contributed by atoms with Gasteiger partial charge in [0.2, 0.25) is 5.66 Å². The lowest BCUT2D eigenvalue weighted by Crippen LogP contribution is -2.65. The number of esters is 1. The van der Waals surface area contributed by atoms with Crippen LogP contribution < -0.4 is 17.0 Å². The van der Waals surface area contributed by atoms with E-state index in [9.17, 15) is 4.79 Å². The zero-order chi connectivity index (χ0) is 8.20. The zero-order valence-corrected chi connectivity index (χ0v) is 5.63. The Morgan fingerprint density at radius 1 is 1.90 bits per heavy atom. The number of hydrogen-bond donors (Lipinski definition) is 4. The number of methoxy groups -OCH3 is 1.